The summed E-state index contributed by atoms with van der Waals surface area (Å²) in [6.07, 6.45) is 2.55. The Morgan fingerprint density at radius 1 is 1.00 bits per heavy atom. The van der Waals surface area contributed by atoms with Gasteiger partial charge in [0.2, 0.25) is 5.91 Å². The van der Waals surface area contributed by atoms with Crippen molar-refractivity contribution in [1.29, 1.82) is 0 Å². The summed E-state index contributed by atoms with van der Waals surface area (Å²) < 4.78 is 26.9. The van der Waals surface area contributed by atoms with Crippen molar-refractivity contribution in [2.75, 3.05) is 19.6 Å². The van der Waals surface area contributed by atoms with E-state index in [9.17, 15) is 18.4 Å². The first-order valence-corrected chi connectivity index (χ1v) is 13.4. The van der Waals surface area contributed by atoms with Gasteiger partial charge in [0.15, 0.2) is 0 Å². The Balaban J connectivity index is 1.08. The van der Waals surface area contributed by atoms with Gasteiger partial charge < -0.3 is 14.8 Å². The van der Waals surface area contributed by atoms with Gasteiger partial charge in [0.1, 0.15) is 17.3 Å². The van der Waals surface area contributed by atoms with E-state index in [1.54, 1.807) is 23.1 Å². The molecule has 4 aromatic rings. The molecule has 6 nitrogen and oxygen atoms in total. The normalized spacial score (nSPS) is 16.3. The number of halogens is 2. The maximum atomic E-state index is 13.8. The monoisotopic (exact) mass is 520 g/mol. The molecule has 0 radical (unpaired) electrons. The number of amides is 2. The Kier molecular flexibility index (Phi) is 6.24. The minimum atomic E-state index is -0.309. The lowest BCUT2D eigenvalue weighted by atomic mass is 9.97. The molecular formula is C28H26F2N4O2S. The second-order valence-corrected chi connectivity index (χ2v) is 10.7. The van der Waals surface area contributed by atoms with Crippen LogP contribution >= 0.6 is 11.3 Å². The molecule has 2 aliphatic rings. The third-order valence-corrected chi connectivity index (χ3v) is 8.44. The Hall–Kier alpha value is -3.59. The lowest BCUT2D eigenvalue weighted by molar-refractivity contribution is -0.131. The van der Waals surface area contributed by atoms with Crippen molar-refractivity contribution in [2.45, 2.75) is 38.1 Å². The molecule has 2 aromatic heterocycles. The fourth-order valence-corrected chi connectivity index (χ4v) is 6.32. The van der Waals surface area contributed by atoms with E-state index >= 15 is 0 Å². The van der Waals surface area contributed by atoms with Crippen molar-refractivity contribution >= 4 is 34.1 Å². The third-order valence-electron chi connectivity index (χ3n) is 7.43. The van der Waals surface area contributed by atoms with Crippen molar-refractivity contribution in [3.05, 3.63) is 87.0 Å². The molecule has 1 N–H and O–H groups in total. The minimum absolute atomic E-state index is 0.0432. The van der Waals surface area contributed by atoms with E-state index in [0.717, 1.165) is 45.6 Å². The second-order valence-electron chi connectivity index (χ2n) is 9.78. The quantitative estimate of drug-likeness (QED) is 0.410. The predicted octanol–water partition coefficient (Wildman–Crippen LogP) is 5.05. The van der Waals surface area contributed by atoms with Crippen molar-refractivity contribution in [3.8, 4) is 0 Å². The van der Waals surface area contributed by atoms with Gasteiger partial charge in [0.25, 0.3) is 5.91 Å². The fraction of sp³-hybridized carbons (Fsp3) is 0.321. The summed E-state index contributed by atoms with van der Waals surface area (Å²) in [5.41, 5.74) is 4.18. The van der Waals surface area contributed by atoms with Crippen LogP contribution in [0.15, 0.2) is 47.8 Å². The summed E-state index contributed by atoms with van der Waals surface area (Å²) in [6, 6.07) is 10.7. The standard InChI is InChI=1S/C28H26F2N4O2S/c29-19-3-1-17(2-4-19)13-26(35)33-10-7-18(8-11-33)27-32-25(16-37-27)28(36)34-12-9-24-22(15-34)21-14-20(30)5-6-23(21)31-24/h1-6,14,16,18,31H,7-13,15H2. The topological polar surface area (TPSA) is 69.3 Å². The molecule has 190 valence electrons. The predicted molar refractivity (Wildman–Crippen MR) is 137 cm³/mol. The molecule has 1 fully saturated rings. The summed E-state index contributed by atoms with van der Waals surface area (Å²) in [5, 5.41) is 3.58. The number of hydrogen-bond acceptors (Lipinski definition) is 4. The van der Waals surface area contributed by atoms with Gasteiger partial charge in [-0.2, -0.15) is 0 Å². The molecule has 9 heteroatoms. The SMILES string of the molecule is O=C(Cc1ccc(F)cc1)N1CCC(c2nc(C(=O)N3CCc4[nH]c5ccc(F)cc5c4C3)cs2)CC1. The van der Waals surface area contributed by atoms with Gasteiger partial charge in [-0.1, -0.05) is 12.1 Å². The van der Waals surface area contributed by atoms with Crippen molar-refractivity contribution in [3.63, 3.8) is 0 Å². The maximum Gasteiger partial charge on any atom is 0.273 e. The first-order valence-electron chi connectivity index (χ1n) is 12.5. The number of rotatable bonds is 4. The number of fused-ring (bicyclic) bond motifs is 3. The molecule has 37 heavy (non-hydrogen) atoms. The number of thiazole rings is 1. The average molecular weight is 521 g/mol. The molecule has 0 spiro atoms. The number of nitrogens with zero attached hydrogens (tertiary/aromatic N) is 3. The molecule has 0 aliphatic carbocycles. The highest BCUT2D eigenvalue weighted by Gasteiger charge is 2.29. The van der Waals surface area contributed by atoms with Crippen molar-refractivity contribution < 1.29 is 18.4 Å². The number of aromatic nitrogens is 2. The summed E-state index contributed by atoms with van der Waals surface area (Å²) in [7, 11) is 0. The zero-order chi connectivity index (χ0) is 25.5. The van der Waals surface area contributed by atoms with Crippen LogP contribution in [-0.4, -0.2) is 51.2 Å². The third kappa shape index (κ3) is 4.75. The number of carbonyl (C=O) groups excluding carboxylic acids is 2. The van der Waals surface area contributed by atoms with Gasteiger partial charge in [0.05, 0.1) is 11.4 Å². The van der Waals surface area contributed by atoms with Crippen LogP contribution in [0.25, 0.3) is 10.9 Å². The van der Waals surface area contributed by atoms with Gasteiger partial charge in [-0.3, -0.25) is 9.59 Å². The highest BCUT2D eigenvalue weighted by molar-refractivity contribution is 7.09. The minimum Gasteiger partial charge on any atom is -0.358 e. The Morgan fingerprint density at radius 2 is 1.76 bits per heavy atom. The summed E-state index contributed by atoms with van der Waals surface area (Å²) in [6.45, 7) is 2.29. The largest absolute Gasteiger partial charge is 0.358 e. The molecule has 0 bridgehead atoms. The summed E-state index contributed by atoms with van der Waals surface area (Å²) >= 11 is 1.50. The van der Waals surface area contributed by atoms with E-state index in [4.69, 9.17) is 4.98 Å². The van der Waals surface area contributed by atoms with Gasteiger partial charge in [-0.15, -0.1) is 11.3 Å². The van der Waals surface area contributed by atoms with Crippen molar-refractivity contribution in [2.24, 2.45) is 0 Å². The lowest BCUT2D eigenvalue weighted by Gasteiger charge is -2.31. The number of nitrogens with one attached hydrogen (secondary N) is 1. The van der Waals surface area contributed by atoms with E-state index < -0.39 is 0 Å². The number of aromatic amines is 1. The molecule has 0 unspecified atom stereocenters. The average Bonchev–Trinajstić information content (AvgIpc) is 3.54. The fourth-order valence-electron chi connectivity index (χ4n) is 5.36. The molecule has 1 saturated heterocycles. The molecular weight excluding hydrogens is 494 g/mol. The number of hydrogen-bond donors (Lipinski definition) is 1. The number of piperidine rings is 1. The van der Waals surface area contributed by atoms with Gasteiger partial charge in [0, 0.05) is 66.1 Å². The summed E-state index contributed by atoms with van der Waals surface area (Å²) in [5.74, 6) is -0.444. The van der Waals surface area contributed by atoms with Crippen LogP contribution in [-0.2, 0) is 24.2 Å². The first kappa shape index (κ1) is 23.8. The van der Waals surface area contributed by atoms with Crippen LogP contribution in [0.2, 0.25) is 0 Å². The highest BCUT2D eigenvalue weighted by Crippen LogP contribution is 2.32. The van der Waals surface area contributed by atoms with Gasteiger partial charge >= 0.3 is 0 Å². The first-order chi connectivity index (χ1) is 17.9. The lowest BCUT2D eigenvalue weighted by Crippen LogP contribution is -2.38. The van der Waals surface area contributed by atoms with Crippen LogP contribution in [0, 0.1) is 11.6 Å². The van der Waals surface area contributed by atoms with E-state index in [1.807, 2.05) is 10.3 Å². The Morgan fingerprint density at radius 3 is 2.54 bits per heavy atom. The number of H-pyrrole nitrogens is 1. The zero-order valence-corrected chi connectivity index (χ0v) is 21.0. The summed E-state index contributed by atoms with van der Waals surface area (Å²) in [4.78, 5) is 37.6. The number of likely N-dealkylation sites (tertiary alicyclic amines) is 1. The van der Waals surface area contributed by atoms with Crippen LogP contribution in [0.5, 0.6) is 0 Å². The van der Waals surface area contributed by atoms with E-state index in [0.29, 0.717) is 38.3 Å². The molecule has 6 rings (SSSR count). The number of carbonyl (C=O) groups is 2. The van der Waals surface area contributed by atoms with Crippen LogP contribution < -0.4 is 0 Å². The molecule has 4 heterocycles. The van der Waals surface area contributed by atoms with E-state index in [1.165, 1.54) is 35.6 Å². The Labute approximate surface area is 216 Å². The van der Waals surface area contributed by atoms with Crippen molar-refractivity contribution in [1.82, 2.24) is 19.8 Å². The number of benzene rings is 2. The highest BCUT2D eigenvalue weighted by atomic mass is 32.1. The van der Waals surface area contributed by atoms with Gasteiger partial charge in [-0.25, -0.2) is 13.8 Å². The van der Waals surface area contributed by atoms with Crippen LogP contribution in [0.4, 0.5) is 8.78 Å². The Bertz CT molecular complexity index is 1470. The zero-order valence-electron chi connectivity index (χ0n) is 20.2. The smallest absolute Gasteiger partial charge is 0.273 e. The molecule has 2 aliphatic heterocycles. The van der Waals surface area contributed by atoms with Gasteiger partial charge in [-0.05, 0) is 48.7 Å². The van der Waals surface area contributed by atoms with E-state index in [2.05, 4.69) is 4.98 Å². The molecule has 2 aromatic carbocycles. The van der Waals surface area contributed by atoms with Crippen LogP contribution in [0.1, 0.15) is 51.1 Å². The molecule has 0 saturated carbocycles. The van der Waals surface area contributed by atoms with E-state index in [-0.39, 0.29) is 35.8 Å². The molecule has 0 atom stereocenters. The second kappa shape index (κ2) is 9.70. The van der Waals surface area contributed by atoms with Crippen LogP contribution in [0.3, 0.4) is 0 Å². The molecule has 2 amide bonds. The maximum absolute atomic E-state index is 13.8.